The molecule has 166 valence electrons. The number of rotatable bonds is 9. The second kappa shape index (κ2) is 12.9. The van der Waals surface area contributed by atoms with Gasteiger partial charge in [0.25, 0.3) is 0 Å². The first-order valence-electron chi connectivity index (χ1n) is 9.23. The molecule has 0 aliphatic rings. The fourth-order valence-corrected chi connectivity index (χ4v) is 2.79. The number of ether oxygens (including phenoxy) is 4. The molecular weight excluding hydrogens is 501 g/mol. The Bertz CT molecular complexity index is 820. The zero-order valence-corrected chi connectivity index (χ0v) is 20.3. The van der Waals surface area contributed by atoms with Gasteiger partial charge in [-0.25, -0.2) is 4.99 Å². The van der Waals surface area contributed by atoms with Gasteiger partial charge >= 0.3 is 0 Å². The van der Waals surface area contributed by atoms with Crippen molar-refractivity contribution in [3.63, 3.8) is 0 Å². The van der Waals surface area contributed by atoms with E-state index in [1.807, 2.05) is 31.2 Å². The summed E-state index contributed by atoms with van der Waals surface area (Å²) in [4.78, 5) is 4.61. The molecule has 0 aliphatic carbocycles. The number of methoxy groups -OCH3 is 4. The quantitative estimate of drug-likeness (QED) is 0.260. The summed E-state index contributed by atoms with van der Waals surface area (Å²) in [5.74, 6) is 2.86. The minimum atomic E-state index is 0. The van der Waals surface area contributed by atoms with Gasteiger partial charge in [-0.05, 0) is 30.7 Å². The average molecular weight is 531 g/mol. The van der Waals surface area contributed by atoms with Crippen LogP contribution in [0.15, 0.2) is 35.3 Å². The maximum Gasteiger partial charge on any atom is 0.203 e. The predicted molar refractivity (Wildman–Crippen MR) is 128 cm³/mol. The smallest absolute Gasteiger partial charge is 0.203 e. The van der Waals surface area contributed by atoms with Gasteiger partial charge in [0.05, 0.1) is 35.0 Å². The highest BCUT2D eigenvalue weighted by Crippen LogP contribution is 2.38. The number of nitrogens with zero attached hydrogens (tertiary/aromatic N) is 1. The highest BCUT2D eigenvalue weighted by molar-refractivity contribution is 14.0. The van der Waals surface area contributed by atoms with Gasteiger partial charge in [0, 0.05) is 18.7 Å². The molecule has 0 aromatic heterocycles. The van der Waals surface area contributed by atoms with Crippen LogP contribution in [0.4, 0.5) is 0 Å². The Morgan fingerprint density at radius 1 is 0.933 bits per heavy atom. The van der Waals surface area contributed by atoms with Gasteiger partial charge in [-0.2, -0.15) is 0 Å². The van der Waals surface area contributed by atoms with Gasteiger partial charge < -0.3 is 34.7 Å². The third kappa shape index (κ3) is 6.48. The molecule has 0 atom stereocenters. The third-order valence-electron chi connectivity index (χ3n) is 4.24. The number of halogens is 1. The predicted octanol–water partition coefficient (Wildman–Crippen LogP) is 3.30. The molecule has 0 amide bonds. The number of hydrogen-bond donors (Lipinski definition) is 3. The molecule has 0 spiro atoms. The van der Waals surface area contributed by atoms with Gasteiger partial charge in [0.1, 0.15) is 0 Å². The Balaban J connectivity index is 0.00000450. The summed E-state index contributed by atoms with van der Waals surface area (Å²) in [5, 5.41) is 16.6. The second-order valence-corrected chi connectivity index (χ2v) is 6.05. The number of hydrogen-bond acceptors (Lipinski definition) is 6. The largest absolute Gasteiger partial charge is 0.504 e. The molecule has 0 heterocycles. The fourth-order valence-electron chi connectivity index (χ4n) is 2.79. The van der Waals surface area contributed by atoms with Crippen molar-refractivity contribution < 1.29 is 24.1 Å². The molecule has 0 aliphatic heterocycles. The lowest BCUT2D eigenvalue weighted by Gasteiger charge is -2.15. The summed E-state index contributed by atoms with van der Waals surface area (Å²) in [7, 11) is 6.25. The van der Waals surface area contributed by atoms with E-state index >= 15 is 0 Å². The molecule has 3 N–H and O–H groups in total. The number of nitrogens with one attached hydrogen (secondary N) is 2. The van der Waals surface area contributed by atoms with Gasteiger partial charge in [-0.15, -0.1) is 24.0 Å². The maximum atomic E-state index is 10.2. The molecule has 0 unspecified atom stereocenters. The van der Waals surface area contributed by atoms with Crippen molar-refractivity contribution in [2.45, 2.75) is 20.0 Å². The van der Waals surface area contributed by atoms with Crippen LogP contribution in [0.1, 0.15) is 18.1 Å². The van der Waals surface area contributed by atoms with E-state index in [0.717, 1.165) is 5.56 Å². The molecule has 30 heavy (non-hydrogen) atoms. The lowest BCUT2D eigenvalue weighted by molar-refractivity contribution is 0.324. The summed E-state index contributed by atoms with van der Waals surface area (Å²) >= 11 is 0. The van der Waals surface area contributed by atoms with Crippen LogP contribution in [-0.4, -0.2) is 46.1 Å². The summed E-state index contributed by atoms with van der Waals surface area (Å²) in [5.41, 5.74) is 1.61. The minimum absolute atomic E-state index is 0. The molecule has 0 fully saturated rings. The lowest BCUT2D eigenvalue weighted by Crippen LogP contribution is -2.36. The van der Waals surface area contributed by atoms with Crippen molar-refractivity contribution >= 4 is 29.9 Å². The van der Waals surface area contributed by atoms with Crippen LogP contribution in [0.2, 0.25) is 0 Å². The van der Waals surface area contributed by atoms with Crippen LogP contribution >= 0.6 is 24.0 Å². The fraction of sp³-hybridized carbons (Fsp3) is 0.381. The van der Waals surface area contributed by atoms with E-state index in [4.69, 9.17) is 18.9 Å². The number of para-hydroxylation sites is 1. The van der Waals surface area contributed by atoms with Crippen molar-refractivity contribution in [3.05, 3.63) is 41.5 Å². The molecule has 0 radical (unpaired) electrons. The zero-order chi connectivity index (χ0) is 21.2. The van der Waals surface area contributed by atoms with E-state index in [0.29, 0.717) is 54.2 Å². The van der Waals surface area contributed by atoms with E-state index in [9.17, 15) is 5.11 Å². The molecule has 9 heteroatoms. The first kappa shape index (κ1) is 25.5. The number of phenols is 1. The molecule has 2 aromatic rings. The Morgan fingerprint density at radius 2 is 1.57 bits per heavy atom. The van der Waals surface area contributed by atoms with Crippen molar-refractivity contribution in [3.8, 4) is 28.7 Å². The maximum absolute atomic E-state index is 10.2. The Labute approximate surface area is 194 Å². The summed E-state index contributed by atoms with van der Waals surface area (Å²) in [6, 6.07) is 9.09. The number of aromatic hydroxyl groups is 1. The van der Waals surface area contributed by atoms with E-state index in [1.165, 1.54) is 7.11 Å². The molecule has 0 saturated carbocycles. The van der Waals surface area contributed by atoms with Crippen molar-refractivity contribution in [2.75, 3.05) is 35.0 Å². The van der Waals surface area contributed by atoms with Gasteiger partial charge in [-0.1, -0.05) is 12.1 Å². The van der Waals surface area contributed by atoms with Crippen LogP contribution in [0, 0.1) is 0 Å². The number of guanidine groups is 1. The van der Waals surface area contributed by atoms with Gasteiger partial charge in [0.2, 0.25) is 5.75 Å². The van der Waals surface area contributed by atoms with Crippen LogP contribution in [0.5, 0.6) is 28.7 Å². The highest BCUT2D eigenvalue weighted by Gasteiger charge is 2.13. The number of phenolic OH excluding ortho intramolecular Hbond substituents is 1. The topological polar surface area (TPSA) is 93.6 Å². The molecule has 8 nitrogen and oxygen atoms in total. The second-order valence-electron chi connectivity index (χ2n) is 6.05. The molecule has 2 aromatic carbocycles. The summed E-state index contributed by atoms with van der Waals surface area (Å²) in [6.07, 6.45) is 0. The third-order valence-corrected chi connectivity index (χ3v) is 4.24. The summed E-state index contributed by atoms with van der Waals surface area (Å²) in [6.45, 7) is 3.48. The van der Waals surface area contributed by atoms with E-state index in [1.54, 1.807) is 27.4 Å². The van der Waals surface area contributed by atoms with Crippen molar-refractivity contribution in [1.82, 2.24) is 10.6 Å². The number of aliphatic imine (C=N–C) groups is 1. The van der Waals surface area contributed by atoms with E-state index < -0.39 is 0 Å². The first-order valence-corrected chi connectivity index (χ1v) is 9.23. The van der Waals surface area contributed by atoms with Crippen molar-refractivity contribution in [2.24, 2.45) is 4.99 Å². The van der Waals surface area contributed by atoms with Crippen LogP contribution in [0.25, 0.3) is 0 Å². The van der Waals surface area contributed by atoms with E-state index in [-0.39, 0.29) is 29.7 Å². The monoisotopic (exact) mass is 531 g/mol. The molecular formula is C21H30IN3O5. The highest BCUT2D eigenvalue weighted by atomic mass is 127. The Morgan fingerprint density at radius 3 is 2.10 bits per heavy atom. The number of benzene rings is 2. The van der Waals surface area contributed by atoms with Crippen molar-refractivity contribution in [1.29, 1.82) is 0 Å². The molecule has 2 rings (SSSR count). The Hall–Kier alpha value is -2.56. The summed E-state index contributed by atoms with van der Waals surface area (Å²) < 4.78 is 21.3. The standard InChI is InChI=1S/C21H29N3O5.HI/c1-6-22-21(24-13-15-8-7-9-16(26-2)19(15)25)23-12-14-10-17(27-3)20(29-5)18(11-14)28-4;/h7-11,25H,6,12-13H2,1-5H3,(H2,22,23,24);1H. The van der Waals surface area contributed by atoms with E-state index in [2.05, 4.69) is 15.6 Å². The lowest BCUT2D eigenvalue weighted by atomic mass is 10.2. The minimum Gasteiger partial charge on any atom is -0.504 e. The SMILES string of the molecule is CCNC(=NCc1cc(OC)c(OC)c(OC)c1)NCc1cccc(OC)c1O.I. The Kier molecular flexibility index (Phi) is 10.9. The van der Waals surface area contributed by atoms with Crippen LogP contribution < -0.4 is 29.6 Å². The van der Waals surface area contributed by atoms with Gasteiger partial charge in [-0.3, -0.25) is 0 Å². The zero-order valence-electron chi connectivity index (χ0n) is 17.9. The molecule has 0 bridgehead atoms. The first-order chi connectivity index (χ1) is 14.1. The average Bonchev–Trinajstić information content (AvgIpc) is 2.75. The normalized spacial score (nSPS) is 10.6. The van der Waals surface area contributed by atoms with Crippen LogP contribution in [-0.2, 0) is 13.1 Å². The molecule has 0 saturated heterocycles. The van der Waals surface area contributed by atoms with Gasteiger partial charge in [0.15, 0.2) is 29.0 Å². The van der Waals surface area contributed by atoms with Crippen LogP contribution in [0.3, 0.4) is 0 Å².